The number of aryl methyl sites for hydroxylation is 1. The predicted molar refractivity (Wildman–Crippen MR) is 87.2 cm³/mol. The maximum absolute atomic E-state index is 9.89. The highest BCUT2D eigenvalue weighted by molar-refractivity contribution is 7.99. The molecule has 0 aromatic heterocycles. The molecule has 2 aromatic carbocycles. The van der Waals surface area contributed by atoms with Crippen molar-refractivity contribution in [2.75, 3.05) is 12.4 Å². The van der Waals surface area contributed by atoms with Crippen LogP contribution in [0.3, 0.4) is 0 Å². The van der Waals surface area contributed by atoms with E-state index in [2.05, 4.69) is 24.3 Å². The Kier molecular flexibility index (Phi) is 4.22. The summed E-state index contributed by atoms with van der Waals surface area (Å²) in [7, 11) is 0. The van der Waals surface area contributed by atoms with Gasteiger partial charge in [0.2, 0.25) is 0 Å². The normalized spacial score (nSPS) is 18.3. The van der Waals surface area contributed by atoms with Crippen LogP contribution in [0.15, 0.2) is 47.4 Å². The summed E-state index contributed by atoms with van der Waals surface area (Å²) < 4.78 is 6.02. The highest BCUT2D eigenvalue weighted by atomic mass is 32.2. The van der Waals surface area contributed by atoms with Gasteiger partial charge in [0.15, 0.2) is 0 Å². The van der Waals surface area contributed by atoms with Gasteiger partial charge in [-0.05, 0) is 37.6 Å². The first kappa shape index (κ1) is 14.5. The molecular weight excluding hydrogens is 280 g/mol. The molecule has 3 rings (SSSR count). The summed E-state index contributed by atoms with van der Waals surface area (Å²) in [5.41, 5.74) is 3.39. The lowest BCUT2D eigenvalue weighted by atomic mass is 10.0. The van der Waals surface area contributed by atoms with E-state index in [0.29, 0.717) is 12.5 Å². The number of rotatable bonds is 4. The number of thioether (sulfide) groups is 1. The van der Waals surface area contributed by atoms with Crippen LogP contribution in [0.4, 0.5) is 0 Å². The second kappa shape index (κ2) is 6.12. The number of fused-ring (bicyclic) bond motifs is 1. The molecule has 0 bridgehead atoms. The number of aliphatic hydroxyl groups is 1. The molecular formula is C18H20O2S. The van der Waals surface area contributed by atoms with Crippen LogP contribution in [0.25, 0.3) is 0 Å². The van der Waals surface area contributed by atoms with Gasteiger partial charge in [-0.3, -0.25) is 0 Å². The minimum atomic E-state index is -0.509. The smallest absolute Gasteiger partial charge is 0.125 e. The highest BCUT2D eigenvalue weighted by Crippen LogP contribution is 2.39. The molecule has 0 aliphatic carbocycles. The molecule has 21 heavy (non-hydrogen) atoms. The van der Waals surface area contributed by atoms with Gasteiger partial charge in [-0.2, -0.15) is 0 Å². The number of benzene rings is 2. The van der Waals surface area contributed by atoms with E-state index in [0.717, 1.165) is 22.6 Å². The van der Waals surface area contributed by atoms with Crippen molar-refractivity contribution in [2.45, 2.75) is 30.8 Å². The number of ether oxygens (including phenoxy) is 1. The van der Waals surface area contributed by atoms with Gasteiger partial charge in [0.25, 0.3) is 0 Å². The van der Waals surface area contributed by atoms with Gasteiger partial charge in [0.05, 0.1) is 12.7 Å². The maximum Gasteiger partial charge on any atom is 0.125 e. The van der Waals surface area contributed by atoms with E-state index in [1.165, 1.54) is 10.5 Å². The van der Waals surface area contributed by atoms with Crippen molar-refractivity contribution in [1.29, 1.82) is 0 Å². The second-order valence-electron chi connectivity index (χ2n) is 5.57. The molecule has 1 aliphatic rings. The Labute approximate surface area is 130 Å². The first-order valence-corrected chi connectivity index (χ1v) is 8.27. The molecule has 1 aliphatic heterocycles. The van der Waals surface area contributed by atoms with E-state index in [-0.39, 0.29) is 0 Å². The fourth-order valence-corrected chi connectivity index (χ4v) is 3.92. The zero-order valence-electron chi connectivity index (χ0n) is 12.4. The standard InChI is InChI=1S/C18H20O2S/c1-12-7-8-17(16(9-12)13(2)19)20-10-14-11-21-18-6-4-3-5-15(14)18/h3-9,13-14,19H,10-11H2,1-2H3/t13-,14?/m1/s1. The van der Waals surface area contributed by atoms with E-state index in [1.807, 2.05) is 36.9 Å². The number of hydrogen-bond donors (Lipinski definition) is 1. The van der Waals surface area contributed by atoms with E-state index >= 15 is 0 Å². The Hall–Kier alpha value is -1.45. The quantitative estimate of drug-likeness (QED) is 0.912. The lowest BCUT2D eigenvalue weighted by Crippen LogP contribution is -2.11. The van der Waals surface area contributed by atoms with Crippen LogP contribution < -0.4 is 4.74 Å². The maximum atomic E-state index is 9.89. The minimum absolute atomic E-state index is 0.425. The van der Waals surface area contributed by atoms with Gasteiger partial charge in [0, 0.05) is 22.1 Å². The molecule has 1 N–H and O–H groups in total. The third-order valence-electron chi connectivity index (χ3n) is 3.85. The Morgan fingerprint density at radius 1 is 1.29 bits per heavy atom. The van der Waals surface area contributed by atoms with Gasteiger partial charge >= 0.3 is 0 Å². The first-order valence-electron chi connectivity index (χ1n) is 7.28. The van der Waals surface area contributed by atoms with Gasteiger partial charge < -0.3 is 9.84 Å². The zero-order chi connectivity index (χ0) is 14.8. The molecule has 2 atom stereocenters. The highest BCUT2D eigenvalue weighted by Gasteiger charge is 2.23. The lowest BCUT2D eigenvalue weighted by molar-refractivity contribution is 0.190. The monoisotopic (exact) mass is 300 g/mol. The summed E-state index contributed by atoms with van der Waals surface area (Å²) >= 11 is 1.89. The van der Waals surface area contributed by atoms with Crippen molar-refractivity contribution in [2.24, 2.45) is 0 Å². The number of hydrogen-bond acceptors (Lipinski definition) is 3. The molecule has 3 heteroatoms. The molecule has 0 fully saturated rings. The van der Waals surface area contributed by atoms with Crippen LogP contribution in [-0.2, 0) is 0 Å². The van der Waals surface area contributed by atoms with Crippen molar-refractivity contribution >= 4 is 11.8 Å². The van der Waals surface area contributed by atoms with Gasteiger partial charge in [-0.15, -0.1) is 11.8 Å². The van der Waals surface area contributed by atoms with Crippen molar-refractivity contribution in [1.82, 2.24) is 0 Å². The summed E-state index contributed by atoms with van der Waals surface area (Å²) in [6.45, 7) is 4.47. The zero-order valence-corrected chi connectivity index (χ0v) is 13.2. The molecule has 2 nitrogen and oxygen atoms in total. The van der Waals surface area contributed by atoms with Crippen molar-refractivity contribution in [3.63, 3.8) is 0 Å². The van der Waals surface area contributed by atoms with Crippen LogP contribution in [0.1, 0.15) is 35.6 Å². The molecule has 0 amide bonds. The Balaban J connectivity index is 1.75. The summed E-state index contributed by atoms with van der Waals surface area (Å²) in [4.78, 5) is 1.37. The van der Waals surface area contributed by atoms with Crippen molar-refractivity contribution < 1.29 is 9.84 Å². The Bertz CT molecular complexity index is 637. The summed E-state index contributed by atoms with van der Waals surface area (Å²) in [5, 5.41) is 9.89. The third-order valence-corrected chi connectivity index (χ3v) is 5.11. The van der Waals surface area contributed by atoms with Gasteiger partial charge in [-0.25, -0.2) is 0 Å². The van der Waals surface area contributed by atoms with E-state index in [4.69, 9.17) is 4.74 Å². The van der Waals surface area contributed by atoms with Crippen LogP contribution in [0.2, 0.25) is 0 Å². The predicted octanol–water partition coefficient (Wildman–Crippen LogP) is 4.32. The average molecular weight is 300 g/mol. The molecule has 2 aromatic rings. The van der Waals surface area contributed by atoms with E-state index in [9.17, 15) is 5.11 Å². The Morgan fingerprint density at radius 2 is 2.10 bits per heavy atom. The lowest BCUT2D eigenvalue weighted by Gasteiger charge is -2.17. The topological polar surface area (TPSA) is 29.5 Å². The molecule has 110 valence electrons. The fraction of sp³-hybridized carbons (Fsp3) is 0.333. The average Bonchev–Trinajstić information content (AvgIpc) is 2.89. The Morgan fingerprint density at radius 3 is 2.90 bits per heavy atom. The number of aliphatic hydroxyl groups excluding tert-OH is 1. The van der Waals surface area contributed by atoms with Crippen LogP contribution in [0.5, 0.6) is 5.75 Å². The summed E-state index contributed by atoms with van der Waals surface area (Å²) in [6, 6.07) is 14.5. The second-order valence-corrected chi connectivity index (χ2v) is 6.64. The fourth-order valence-electron chi connectivity index (χ4n) is 2.68. The summed E-state index contributed by atoms with van der Waals surface area (Å²) in [5.74, 6) is 2.29. The molecule has 1 unspecified atom stereocenters. The van der Waals surface area contributed by atoms with E-state index < -0.39 is 6.10 Å². The van der Waals surface area contributed by atoms with Crippen LogP contribution in [-0.4, -0.2) is 17.5 Å². The van der Waals surface area contributed by atoms with E-state index in [1.54, 1.807) is 6.92 Å². The SMILES string of the molecule is Cc1ccc(OCC2CSc3ccccc32)c([C@@H](C)O)c1. The summed E-state index contributed by atoms with van der Waals surface area (Å²) in [6.07, 6.45) is -0.509. The molecule has 0 saturated carbocycles. The third kappa shape index (κ3) is 3.09. The van der Waals surface area contributed by atoms with Crippen LogP contribution >= 0.6 is 11.8 Å². The molecule has 0 radical (unpaired) electrons. The first-order chi connectivity index (χ1) is 10.1. The minimum Gasteiger partial charge on any atom is -0.493 e. The van der Waals surface area contributed by atoms with Gasteiger partial charge in [-0.1, -0.05) is 29.8 Å². The van der Waals surface area contributed by atoms with Crippen molar-refractivity contribution in [3.8, 4) is 5.75 Å². The molecule has 0 spiro atoms. The molecule has 1 heterocycles. The largest absolute Gasteiger partial charge is 0.493 e. The van der Waals surface area contributed by atoms with Gasteiger partial charge in [0.1, 0.15) is 5.75 Å². The van der Waals surface area contributed by atoms with Crippen molar-refractivity contribution in [3.05, 3.63) is 59.2 Å². The molecule has 0 saturated heterocycles. The van der Waals surface area contributed by atoms with Crippen LogP contribution in [0, 0.1) is 6.92 Å².